The Morgan fingerprint density at radius 1 is 1.28 bits per heavy atom. The van der Waals surface area contributed by atoms with Crippen molar-refractivity contribution in [1.29, 1.82) is 0 Å². The van der Waals surface area contributed by atoms with E-state index in [2.05, 4.69) is 20.8 Å². The Kier molecular flexibility index (Phi) is 3.84. The monoisotopic (exact) mass is 248 g/mol. The van der Waals surface area contributed by atoms with E-state index in [9.17, 15) is 5.11 Å². The highest BCUT2D eigenvalue weighted by Gasteiger charge is 2.29. The maximum atomic E-state index is 9.86. The summed E-state index contributed by atoms with van der Waals surface area (Å²) in [4.78, 5) is 0. The molecule has 0 saturated carbocycles. The van der Waals surface area contributed by atoms with E-state index >= 15 is 0 Å². The quantitative estimate of drug-likeness (QED) is 0.792. The van der Waals surface area contributed by atoms with Gasteiger partial charge in [-0.05, 0) is 17.9 Å². The van der Waals surface area contributed by atoms with Crippen molar-refractivity contribution in [3.8, 4) is 11.5 Å². The van der Waals surface area contributed by atoms with Gasteiger partial charge in [0.25, 0.3) is 0 Å². The van der Waals surface area contributed by atoms with Crippen molar-refractivity contribution < 1.29 is 9.84 Å². The highest BCUT2D eigenvalue weighted by molar-refractivity contribution is 5.53. The maximum Gasteiger partial charge on any atom is 0.130 e. The topological polar surface area (TPSA) is 29.5 Å². The molecule has 0 atom stereocenters. The van der Waals surface area contributed by atoms with Crippen molar-refractivity contribution in [2.75, 3.05) is 6.61 Å². The number of rotatable bonds is 5. The van der Waals surface area contributed by atoms with Gasteiger partial charge in [0, 0.05) is 17.5 Å². The number of aromatic hydroxyl groups is 1. The summed E-state index contributed by atoms with van der Waals surface area (Å²) in [5.74, 6) is 1.33. The molecule has 0 amide bonds. The SMILES string of the molecule is CCCCCC(C)(C)c1ccc(O)c2c1OCC2. The maximum absolute atomic E-state index is 9.86. The number of benzene rings is 1. The molecule has 0 unspecified atom stereocenters. The van der Waals surface area contributed by atoms with Gasteiger partial charge in [-0.3, -0.25) is 0 Å². The molecule has 0 saturated heterocycles. The lowest BCUT2D eigenvalue weighted by atomic mass is 9.78. The highest BCUT2D eigenvalue weighted by Crippen LogP contribution is 2.43. The zero-order valence-corrected chi connectivity index (χ0v) is 11.8. The van der Waals surface area contributed by atoms with E-state index in [0.29, 0.717) is 12.4 Å². The molecule has 0 fully saturated rings. The Labute approximate surface area is 110 Å². The summed E-state index contributed by atoms with van der Waals surface area (Å²) < 4.78 is 5.74. The standard InChI is InChI=1S/C16H24O2/c1-4-5-6-10-16(2,3)13-7-8-14(17)12-9-11-18-15(12)13/h7-8,17H,4-6,9-11H2,1-3H3. The van der Waals surface area contributed by atoms with Gasteiger partial charge in [0.05, 0.1) is 6.61 Å². The molecule has 1 aliphatic rings. The highest BCUT2D eigenvalue weighted by atomic mass is 16.5. The minimum Gasteiger partial charge on any atom is -0.508 e. The first-order chi connectivity index (χ1) is 8.56. The Balaban J connectivity index is 2.25. The molecule has 0 bridgehead atoms. The second-order valence-corrected chi connectivity index (χ2v) is 5.88. The molecule has 0 aliphatic carbocycles. The lowest BCUT2D eigenvalue weighted by Crippen LogP contribution is -2.18. The van der Waals surface area contributed by atoms with Crippen LogP contribution >= 0.6 is 0 Å². The van der Waals surface area contributed by atoms with Crippen LogP contribution < -0.4 is 4.74 Å². The fourth-order valence-corrected chi connectivity index (χ4v) is 2.76. The fourth-order valence-electron chi connectivity index (χ4n) is 2.76. The molecule has 18 heavy (non-hydrogen) atoms. The van der Waals surface area contributed by atoms with Crippen molar-refractivity contribution >= 4 is 0 Å². The van der Waals surface area contributed by atoms with Gasteiger partial charge in [0.2, 0.25) is 0 Å². The number of unbranched alkanes of at least 4 members (excludes halogenated alkanes) is 2. The molecule has 2 rings (SSSR count). The summed E-state index contributed by atoms with van der Waals surface area (Å²) >= 11 is 0. The van der Waals surface area contributed by atoms with E-state index in [1.165, 1.54) is 31.2 Å². The van der Waals surface area contributed by atoms with Gasteiger partial charge in [-0.15, -0.1) is 0 Å². The van der Waals surface area contributed by atoms with Gasteiger partial charge in [-0.25, -0.2) is 0 Å². The van der Waals surface area contributed by atoms with Gasteiger partial charge in [-0.2, -0.15) is 0 Å². The zero-order chi connectivity index (χ0) is 13.2. The van der Waals surface area contributed by atoms with Crippen LogP contribution in [0, 0.1) is 0 Å². The second-order valence-electron chi connectivity index (χ2n) is 5.88. The second kappa shape index (κ2) is 5.21. The summed E-state index contributed by atoms with van der Waals surface area (Å²) in [6.07, 6.45) is 5.78. The number of phenols is 1. The van der Waals surface area contributed by atoms with Crippen LogP contribution in [-0.2, 0) is 11.8 Å². The minimum absolute atomic E-state index is 0.122. The molecule has 1 aromatic carbocycles. The van der Waals surface area contributed by atoms with Crippen LogP contribution in [0.1, 0.15) is 57.6 Å². The van der Waals surface area contributed by atoms with Crippen molar-refractivity contribution in [3.05, 3.63) is 23.3 Å². The van der Waals surface area contributed by atoms with E-state index in [0.717, 1.165) is 17.7 Å². The van der Waals surface area contributed by atoms with Gasteiger partial charge in [0.15, 0.2) is 0 Å². The van der Waals surface area contributed by atoms with Gasteiger partial charge >= 0.3 is 0 Å². The number of hydrogen-bond acceptors (Lipinski definition) is 2. The summed E-state index contributed by atoms with van der Waals surface area (Å²) in [6, 6.07) is 3.86. The number of fused-ring (bicyclic) bond motifs is 1. The molecular formula is C16H24O2. The lowest BCUT2D eigenvalue weighted by molar-refractivity contribution is 0.340. The molecule has 2 heteroatoms. The summed E-state index contributed by atoms with van der Waals surface area (Å²) in [5, 5.41) is 9.86. The predicted molar refractivity (Wildman–Crippen MR) is 74.5 cm³/mol. The van der Waals surface area contributed by atoms with E-state index < -0.39 is 0 Å². The van der Waals surface area contributed by atoms with Crippen LogP contribution in [0.5, 0.6) is 11.5 Å². The van der Waals surface area contributed by atoms with E-state index in [1.54, 1.807) is 0 Å². The smallest absolute Gasteiger partial charge is 0.130 e. The first-order valence-electron chi connectivity index (χ1n) is 7.04. The predicted octanol–water partition coefficient (Wildman–Crippen LogP) is 4.19. The van der Waals surface area contributed by atoms with Crippen LogP contribution in [0.2, 0.25) is 0 Å². The van der Waals surface area contributed by atoms with Gasteiger partial charge in [-0.1, -0.05) is 46.1 Å². The number of phenolic OH excluding ortho intramolecular Hbond substituents is 1. The van der Waals surface area contributed by atoms with Gasteiger partial charge < -0.3 is 9.84 Å². The molecule has 100 valence electrons. The summed E-state index contributed by atoms with van der Waals surface area (Å²) in [7, 11) is 0. The normalized spacial score (nSPS) is 14.4. The molecule has 2 nitrogen and oxygen atoms in total. The Morgan fingerprint density at radius 2 is 2.06 bits per heavy atom. The minimum atomic E-state index is 0.122. The third-order valence-corrected chi connectivity index (χ3v) is 3.97. The average molecular weight is 248 g/mol. The van der Waals surface area contributed by atoms with Crippen LogP contribution in [0.3, 0.4) is 0 Å². The first kappa shape index (κ1) is 13.3. The van der Waals surface area contributed by atoms with Gasteiger partial charge in [0.1, 0.15) is 11.5 Å². The molecule has 1 N–H and O–H groups in total. The summed E-state index contributed by atoms with van der Waals surface area (Å²) in [5.41, 5.74) is 2.37. The fraction of sp³-hybridized carbons (Fsp3) is 0.625. The first-order valence-corrected chi connectivity index (χ1v) is 7.04. The Hall–Kier alpha value is -1.18. The molecular weight excluding hydrogens is 224 g/mol. The van der Waals surface area contributed by atoms with E-state index in [1.807, 2.05) is 12.1 Å². The third kappa shape index (κ3) is 2.47. The van der Waals surface area contributed by atoms with E-state index in [-0.39, 0.29) is 5.41 Å². The van der Waals surface area contributed by atoms with E-state index in [4.69, 9.17) is 4.74 Å². The molecule has 1 aromatic rings. The number of ether oxygens (including phenoxy) is 1. The summed E-state index contributed by atoms with van der Waals surface area (Å²) in [6.45, 7) is 7.48. The van der Waals surface area contributed by atoms with Crippen molar-refractivity contribution in [2.24, 2.45) is 0 Å². The Morgan fingerprint density at radius 3 is 2.78 bits per heavy atom. The molecule has 1 heterocycles. The third-order valence-electron chi connectivity index (χ3n) is 3.97. The lowest BCUT2D eigenvalue weighted by Gasteiger charge is -2.27. The molecule has 0 spiro atoms. The van der Waals surface area contributed by atoms with Crippen molar-refractivity contribution in [3.63, 3.8) is 0 Å². The zero-order valence-electron chi connectivity index (χ0n) is 11.8. The van der Waals surface area contributed by atoms with Crippen LogP contribution in [0.4, 0.5) is 0 Å². The number of hydrogen-bond donors (Lipinski definition) is 1. The van der Waals surface area contributed by atoms with Crippen LogP contribution in [0.15, 0.2) is 12.1 Å². The van der Waals surface area contributed by atoms with Crippen LogP contribution in [0.25, 0.3) is 0 Å². The van der Waals surface area contributed by atoms with Crippen molar-refractivity contribution in [1.82, 2.24) is 0 Å². The molecule has 0 aromatic heterocycles. The average Bonchev–Trinajstić information content (AvgIpc) is 2.79. The van der Waals surface area contributed by atoms with Crippen molar-refractivity contribution in [2.45, 2.75) is 58.3 Å². The molecule has 1 aliphatic heterocycles. The molecule has 0 radical (unpaired) electrons. The Bertz CT molecular complexity index is 421. The van der Waals surface area contributed by atoms with Crippen LogP contribution in [-0.4, -0.2) is 11.7 Å². The largest absolute Gasteiger partial charge is 0.508 e.